The molecule has 0 aliphatic carbocycles. The van der Waals surface area contributed by atoms with E-state index < -0.39 is 34.7 Å². The van der Waals surface area contributed by atoms with E-state index in [9.17, 15) is 24.3 Å². The summed E-state index contributed by atoms with van der Waals surface area (Å²) in [4.78, 5) is 44.7. The number of rotatable bonds is 4. The molecule has 18 heavy (non-hydrogen) atoms. The summed E-state index contributed by atoms with van der Waals surface area (Å²) in [6.07, 6.45) is 1.37. The Bertz CT molecular complexity index is 611. The number of aromatic hydroxyl groups is 1. The fourth-order valence-corrected chi connectivity index (χ4v) is 1.12. The van der Waals surface area contributed by atoms with Gasteiger partial charge in [0.2, 0.25) is 0 Å². The first-order chi connectivity index (χ1) is 8.32. The number of aromatic carboxylic acids is 1. The van der Waals surface area contributed by atoms with Crippen LogP contribution in [0.15, 0.2) is 16.9 Å². The van der Waals surface area contributed by atoms with Crippen LogP contribution < -0.4 is 5.56 Å². The number of pyridine rings is 1. The fraction of sp³-hybridized carbons (Fsp3) is 0. The van der Waals surface area contributed by atoms with Gasteiger partial charge in [-0.15, -0.1) is 0 Å². The fourth-order valence-electron chi connectivity index (χ4n) is 1.12. The number of aromatic nitrogens is 1. The number of ketones is 1. The Hall–Kier alpha value is -2.90. The molecule has 1 heterocycles. The van der Waals surface area contributed by atoms with Crippen LogP contribution in [0.2, 0.25) is 0 Å². The maximum Gasteiger partial charge on any atom is 0.376 e. The summed E-state index contributed by atoms with van der Waals surface area (Å²) >= 11 is 0. The standard InChI is InChI=1S/C10H7NO7/c12-5(9(15)16)2-1-4-6(13)3-7(14)11-8(4)10(17)18/h1-3H,(H,15,16)(H,17,18)(H2,11,13,14)/b2-1+. The lowest BCUT2D eigenvalue weighted by molar-refractivity contribution is -0.146. The van der Waals surface area contributed by atoms with Gasteiger partial charge in [-0.05, 0) is 12.2 Å². The number of carboxylic acid groups (broad SMARTS) is 2. The van der Waals surface area contributed by atoms with Crippen LogP contribution in [0.25, 0.3) is 6.08 Å². The van der Waals surface area contributed by atoms with Gasteiger partial charge in [0.05, 0.1) is 0 Å². The van der Waals surface area contributed by atoms with E-state index in [1.165, 1.54) is 0 Å². The molecule has 0 spiro atoms. The Morgan fingerprint density at radius 2 is 1.83 bits per heavy atom. The van der Waals surface area contributed by atoms with Crippen LogP contribution in [0.5, 0.6) is 5.75 Å². The van der Waals surface area contributed by atoms with Crippen molar-refractivity contribution < 1.29 is 29.7 Å². The number of H-pyrrole nitrogens is 1. The second kappa shape index (κ2) is 4.95. The van der Waals surface area contributed by atoms with Gasteiger partial charge in [-0.25, -0.2) is 9.59 Å². The summed E-state index contributed by atoms with van der Waals surface area (Å²) in [6.45, 7) is 0. The maximum absolute atomic E-state index is 11.0. The molecule has 8 heteroatoms. The highest BCUT2D eigenvalue weighted by Gasteiger charge is 2.15. The minimum Gasteiger partial charge on any atom is -0.507 e. The van der Waals surface area contributed by atoms with E-state index in [2.05, 4.69) is 0 Å². The predicted octanol–water partition coefficient (Wildman–Crippen LogP) is -0.554. The summed E-state index contributed by atoms with van der Waals surface area (Å²) in [7, 11) is 0. The number of hydrogen-bond donors (Lipinski definition) is 4. The molecule has 94 valence electrons. The molecule has 0 saturated heterocycles. The molecule has 8 nitrogen and oxygen atoms in total. The molecule has 1 rings (SSSR count). The van der Waals surface area contributed by atoms with Gasteiger partial charge in [-0.3, -0.25) is 9.59 Å². The van der Waals surface area contributed by atoms with Crippen molar-refractivity contribution in [3.63, 3.8) is 0 Å². The lowest BCUT2D eigenvalue weighted by Crippen LogP contribution is -2.14. The SMILES string of the molecule is O=C(O)C(=O)/C=C/c1c(O)cc(=O)[nH]c1C(=O)O. The van der Waals surface area contributed by atoms with Gasteiger partial charge < -0.3 is 20.3 Å². The molecule has 0 atom stereocenters. The van der Waals surface area contributed by atoms with Gasteiger partial charge in [0.1, 0.15) is 11.4 Å². The van der Waals surface area contributed by atoms with Crippen LogP contribution in [0.4, 0.5) is 0 Å². The molecule has 0 unspecified atom stereocenters. The van der Waals surface area contributed by atoms with E-state index >= 15 is 0 Å². The summed E-state index contributed by atoms with van der Waals surface area (Å²) in [5, 5.41) is 26.5. The predicted molar refractivity (Wildman–Crippen MR) is 57.4 cm³/mol. The largest absolute Gasteiger partial charge is 0.507 e. The van der Waals surface area contributed by atoms with Gasteiger partial charge in [0.25, 0.3) is 11.3 Å². The molecule has 1 aromatic rings. The van der Waals surface area contributed by atoms with Crippen molar-refractivity contribution in [3.8, 4) is 5.75 Å². The zero-order valence-electron chi connectivity index (χ0n) is 8.71. The molecular formula is C10H7NO7. The highest BCUT2D eigenvalue weighted by molar-refractivity contribution is 6.38. The molecule has 0 radical (unpaired) electrons. The van der Waals surface area contributed by atoms with E-state index in [1.807, 2.05) is 4.98 Å². The number of nitrogens with one attached hydrogen (secondary N) is 1. The van der Waals surface area contributed by atoms with E-state index in [0.717, 1.165) is 6.08 Å². The number of carbonyl (C=O) groups excluding carboxylic acids is 1. The third-order valence-corrected chi connectivity index (χ3v) is 1.89. The van der Waals surface area contributed by atoms with Crippen LogP contribution in [-0.4, -0.2) is 38.0 Å². The van der Waals surface area contributed by atoms with Crippen molar-refractivity contribution in [1.82, 2.24) is 4.98 Å². The van der Waals surface area contributed by atoms with Crippen molar-refractivity contribution >= 4 is 23.8 Å². The number of hydrogen-bond acceptors (Lipinski definition) is 5. The third kappa shape index (κ3) is 2.82. The molecular weight excluding hydrogens is 246 g/mol. The van der Waals surface area contributed by atoms with Crippen LogP contribution in [0.3, 0.4) is 0 Å². The van der Waals surface area contributed by atoms with Crippen molar-refractivity contribution in [2.45, 2.75) is 0 Å². The van der Waals surface area contributed by atoms with Crippen LogP contribution >= 0.6 is 0 Å². The summed E-state index contributed by atoms with van der Waals surface area (Å²) in [5.41, 5.74) is -1.85. The van der Waals surface area contributed by atoms with E-state index in [1.54, 1.807) is 0 Å². The summed E-state index contributed by atoms with van der Waals surface area (Å²) < 4.78 is 0. The molecule has 1 aromatic heterocycles. The number of carboxylic acids is 2. The highest BCUT2D eigenvalue weighted by Crippen LogP contribution is 2.19. The van der Waals surface area contributed by atoms with Crippen molar-refractivity contribution in [2.75, 3.05) is 0 Å². The van der Waals surface area contributed by atoms with Crippen LogP contribution in [0, 0.1) is 0 Å². The Labute approximate surface area is 98.8 Å². The Kier molecular flexibility index (Phi) is 3.62. The van der Waals surface area contributed by atoms with Crippen LogP contribution in [0.1, 0.15) is 16.1 Å². The molecule has 0 aromatic carbocycles. The molecule has 0 bridgehead atoms. The molecule has 4 N–H and O–H groups in total. The highest BCUT2D eigenvalue weighted by atomic mass is 16.4. The average molecular weight is 253 g/mol. The number of carbonyl (C=O) groups is 3. The van der Waals surface area contributed by atoms with Crippen molar-refractivity contribution in [3.05, 3.63) is 33.8 Å². The number of aromatic amines is 1. The quantitative estimate of drug-likeness (QED) is 0.416. The van der Waals surface area contributed by atoms with Gasteiger partial charge in [-0.2, -0.15) is 0 Å². The topological polar surface area (TPSA) is 145 Å². The van der Waals surface area contributed by atoms with Crippen molar-refractivity contribution in [2.24, 2.45) is 0 Å². The Morgan fingerprint density at radius 1 is 1.22 bits per heavy atom. The first-order valence-electron chi connectivity index (χ1n) is 4.48. The van der Waals surface area contributed by atoms with E-state index in [-0.39, 0.29) is 5.56 Å². The molecule has 0 saturated carbocycles. The molecule has 0 amide bonds. The van der Waals surface area contributed by atoms with Gasteiger partial charge >= 0.3 is 11.9 Å². The minimum absolute atomic E-state index is 0.364. The van der Waals surface area contributed by atoms with Crippen molar-refractivity contribution in [1.29, 1.82) is 0 Å². The molecule has 0 fully saturated rings. The second-order valence-electron chi connectivity index (χ2n) is 3.12. The van der Waals surface area contributed by atoms with E-state index in [0.29, 0.717) is 12.1 Å². The van der Waals surface area contributed by atoms with Crippen LogP contribution in [-0.2, 0) is 9.59 Å². The van der Waals surface area contributed by atoms with Gasteiger partial charge in [-0.1, -0.05) is 0 Å². The minimum atomic E-state index is -1.73. The maximum atomic E-state index is 11.0. The van der Waals surface area contributed by atoms with E-state index in [4.69, 9.17) is 10.2 Å². The Balaban J connectivity index is 3.32. The smallest absolute Gasteiger partial charge is 0.376 e. The zero-order valence-corrected chi connectivity index (χ0v) is 8.71. The van der Waals surface area contributed by atoms with Gasteiger partial charge in [0, 0.05) is 11.6 Å². The molecule has 0 aliphatic rings. The normalized spacial score (nSPS) is 10.4. The summed E-state index contributed by atoms with van der Waals surface area (Å²) in [6, 6.07) is 0.706. The Morgan fingerprint density at radius 3 is 2.33 bits per heavy atom. The third-order valence-electron chi connectivity index (χ3n) is 1.89. The zero-order chi connectivity index (χ0) is 13.9. The lowest BCUT2D eigenvalue weighted by atomic mass is 10.1. The second-order valence-corrected chi connectivity index (χ2v) is 3.12. The summed E-state index contributed by atoms with van der Waals surface area (Å²) in [5.74, 6) is -5.24. The molecule has 0 aliphatic heterocycles. The first-order valence-corrected chi connectivity index (χ1v) is 4.48. The lowest BCUT2D eigenvalue weighted by Gasteiger charge is -2.02. The first kappa shape index (κ1) is 13.2. The monoisotopic (exact) mass is 253 g/mol. The van der Waals surface area contributed by atoms with Gasteiger partial charge in [0.15, 0.2) is 0 Å². The number of aliphatic carboxylic acids is 1. The average Bonchev–Trinajstić information content (AvgIpc) is 2.26.